The lowest BCUT2D eigenvalue weighted by Gasteiger charge is -2.28. The fraction of sp³-hybridized carbons (Fsp3) is 0.304. The van der Waals surface area contributed by atoms with Gasteiger partial charge in [-0.25, -0.2) is 4.79 Å². The molecule has 1 aromatic heterocycles. The van der Waals surface area contributed by atoms with E-state index in [0.29, 0.717) is 27.2 Å². The minimum atomic E-state index is -0.512. The number of nitrogens with zero attached hydrogens (tertiary/aromatic N) is 1. The number of nitrogens with one attached hydrogen (secondary N) is 2. The van der Waals surface area contributed by atoms with Crippen LogP contribution in [0.4, 0.5) is 15.5 Å². The maximum Gasteiger partial charge on any atom is 0.324 e. The second-order valence-corrected chi connectivity index (χ2v) is 9.68. The zero-order chi connectivity index (χ0) is 22.1. The molecular formula is C23H26Cl2N4O2S. The van der Waals surface area contributed by atoms with Crippen LogP contribution in [-0.4, -0.2) is 29.9 Å². The number of hydrogen-bond acceptors (Lipinski definition) is 4. The van der Waals surface area contributed by atoms with Crippen molar-refractivity contribution < 1.29 is 9.59 Å². The molecule has 0 saturated carbocycles. The van der Waals surface area contributed by atoms with Crippen molar-refractivity contribution in [2.45, 2.75) is 26.8 Å². The van der Waals surface area contributed by atoms with E-state index in [-0.39, 0.29) is 12.4 Å². The van der Waals surface area contributed by atoms with Crippen molar-refractivity contribution >= 4 is 68.7 Å². The maximum atomic E-state index is 12.8. The van der Waals surface area contributed by atoms with Crippen LogP contribution in [0.1, 0.15) is 34.6 Å². The lowest BCUT2D eigenvalue weighted by Crippen LogP contribution is -2.33. The summed E-state index contributed by atoms with van der Waals surface area (Å²) in [5.41, 5.74) is 7.72. The Kier molecular flexibility index (Phi) is 7.67. The standard InChI is InChI=1S/C23H25ClN4O2S.ClH/c1-13(2)11-28-10-9-16-19(12-28)31-22(20(16)21(25)29)27-23(30)26-18-8-7-17(24)14-5-3-4-6-15(14)18;/h3-8,13H,9-12H2,1-2H3,(H2,25,29)(H2,26,27,30);1H. The third kappa shape index (κ3) is 5.02. The highest BCUT2D eigenvalue weighted by atomic mass is 35.5. The van der Waals surface area contributed by atoms with Crippen molar-refractivity contribution in [3.8, 4) is 0 Å². The first kappa shape index (κ1) is 24.3. The molecule has 3 amide bonds. The van der Waals surface area contributed by atoms with Gasteiger partial charge in [0.2, 0.25) is 0 Å². The van der Waals surface area contributed by atoms with Crippen LogP contribution in [0.5, 0.6) is 0 Å². The van der Waals surface area contributed by atoms with Crippen LogP contribution in [0.2, 0.25) is 5.02 Å². The van der Waals surface area contributed by atoms with Gasteiger partial charge in [0, 0.05) is 40.3 Å². The number of carbonyl (C=O) groups is 2. The summed E-state index contributed by atoms with van der Waals surface area (Å²) in [7, 11) is 0. The first-order valence-corrected chi connectivity index (χ1v) is 11.4. The zero-order valence-corrected chi connectivity index (χ0v) is 20.3. The first-order chi connectivity index (χ1) is 14.8. The molecule has 0 bridgehead atoms. The first-order valence-electron chi connectivity index (χ1n) is 10.3. The SMILES string of the molecule is CC(C)CN1CCc2c(sc(NC(=O)Nc3ccc(Cl)c4ccccc34)c2C(N)=O)C1.Cl. The highest BCUT2D eigenvalue weighted by Gasteiger charge is 2.28. The lowest BCUT2D eigenvalue weighted by atomic mass is 10.0. The Balaban J connectivity index is 0.00000289. The van der Waals surface area contributed by atoms with Crippen LogP contribution >= 0.6 is 35.3 Å². The van der Waals surface area contributed by atoms with E-state index in [1.165, 1.54) is 11.3 Å². The van der Waals surface area contributed by atoms with Crippen molar-refractivity contribution in [3.63, 3.8) is 0 Å². The topological polar surface area (TPSA) is 87.5 Å². The van der Waals surface area contributed by atoms with Gasteiger partial charge in [0.05, 0.1) is 11.3 Å². The number of hydrogen-bond donors (Lipinski definition) is 3. The number of rotatable bonds is 5. The summed E-state index contributed by atoms with van der Waals surface area (Å²) in [6.07, 6.45) is 0.752. The Hall–Kier alpha value is -2.32. The number of benzene rings is 2. The number of thiophene rings is 1. The summed E-state index contributed by atoms with van der Waals surface area (Å²) in [4.78, 5) is 28.5. The number of primary amides is 1. The van der Waals surface area contributed by atoms with E-state index >= 15 is 0 Å². The average Bonchev–Trinajstić information content (AvgIpc) is 3.07. The molecule has 6 nitrogen and oxygen atoms in total. The van der Waals surface area contributed by atoms with Crippen LogP contribution < -0.4 is 16.4 Å². The average molecular weight is 493 g/mol. The molecule has 32 heavy (non-hydrogen) atoms. The molecule has 170 valence electrons. The second kappa shape index (κ2) is 10.1. The Morgan fingerprint density at radius 3 is 2.56 bits per heavy atom. The summed E-state index contributed by atoms with van der Waals surface area (Å²) >= 11 is 7.70. The van der Waals surface area contributed by atoms with E-state index in [1.54, 1.807) is 12.1 Å². The van der Waals surface area contributed by atoms with Crippen molar-refractivity contribution in [2.75, 3.05) is 23.7 Å². The molecular weight excluding hydrogens is 467 g/mol. The minimum absolute atomic E-state index is 0. The van der Waals surface area contributed by atoms with Gasteiger partial charge in [-0.2, -0.15) is 0 Å². The Morgan fingerprint density at radius 2 is 1.88 bits per heavy atom. The molecule has 0 saturated heterocycles. The molecule has 3 aromatic rings. The van der Waals surface area contributed by atoms with Crippen LogP contribution in [0.15, 0.2) is 36.4 Å². The molecule has 4 N–H and O–H groups in total. The molecule has 0 radical (unpaired) electrons. The van der Waals surface area contributed by atoms with Gasteiger partial charge in [0.15, 0.2) is 0 Å². The second-order valence-electron chi connectivity index (χ2n) is 8.17. The van der Waals surface area contributed by atoms with Gasteiger partial charge in [-0.3, -0.25) is 15.0 Å². The molecule has 1 aliphatic rings. The lowest BCUT2D eigenvalue weighted by molar-refractivity contribution is 0.0999. The zero-order valence-electron chi connectivity index (χ0n) is 17.9. The highest BCUT2D eigenvalue weighted by Crippen LogP contribution is 2.37. The van der Waals surface area contributed by atoms with E-state index < -0.39 is 11.9 Å². The van der Waals surface area contributed by atoms with Crippen LogP contribution in [0.3, 0.4) is 0 Å². The number of nitrogens with two attached hydrogens (primary N) is 1. The van der Waals surface area contributed by atoms with Gasteiger partial charge >= 0.3 is 6.03 Å². The number of amides is 3. The number of urea groups is 1. The minimum Gasteiger partial charge on any atom is -0.365 e. The van der Waals surface area contributed by atoms with E-state index in [9.17, 15) is 9.59 Å². The molecule has 0 fully saturated rings. The van der Waals surface area contributed by atoms with Gasteiger partial charge in [0.1, 0.15) is 5.00 Å². The Morgan fingerprint density at radius 1 is 1.16 bits per heavy atom. The predicted molar refractivity (Wildman–Crippen MR) is 136 cm³/mol. The molecule has 2 heterocycles. The fourth-order valence-corrected chi connectivity index (χ4v) is 5.62. The summed E-state index contributed by atoms with van der Waals surface area (Å²) in [6, 6.07) is 10.7. The van der Waals surface area contributed by atoms with E-state index in [2.05, 4.69) is 29.4 Å². The van der Waals surface area contributed by atoms with E-state index in [0.717, 1.165) is 47.3 Å². The number of fused-ring (bicyclic) bond motifs is 2. The molecule has 0 unspecified atom stereocenters. The maximum absolute atomic E-state index is 12.8. The summed E-state index contributed by atoms with van der Waals surface area (Å²) in [5, 5.41) is 8.55. The number of halogens is 2. The molecule has 9 heteroatoms. The number of carbonyl (C=O) groups excluding carboxylic acids is 2. The smallest absolute Gasteiger partial charge is 0.324 e. The molecule has 2 aromatic carbocycles. The van der Waals surface area contributed by atoms with Gasteiger partial charge in [-0.05, 0) is 30.0 Å². The van der Waals surface area contributed by atoms with E-state index in [1.807, 2.05) is 24.3 Å². The quantitative estimate of drug-likeness (QED) is 0.424. The molecule has 4 rings (SSSR count). The summed E-state index contributed by atoms with van der Waals surface area (Å²) in [5.74, 6) is 0.0525. The molecule has 1 aliphatic heterocycles. The summed E-state index contributed by atoms with van der Waals surface area (Å²) < 4.78 is 0. The third-order valence-corrected chi connectivity index (χ3v) is 6.81. The molecule has 0 atom stereocenters. The van der Waals surface area contributed by atoms with Crippen molar-refractivity contribution in [1.29, 1.82) is 0 Å². The van der Waals surface area contributed by atoms with Crippen molar-refractivity contribution in [1.82, 2.24) is 4.90 Å². The Bertz CT molecular complexity index is 1160. The number of anilines is 2. The van der Waals surface area contributed by atoms with Crippen LogP contribution in [0.25, 0.3) is 10.8 Å². The molecule has 0 aliphatic carbocycles. The predicted octanol–water partition coefficient (Wildman–Crippen LogP) is 5.73. The largest absolute Gasteiger partial charge is 0.365 e. The van der Waals surface area contributed by atoms with Gasteiger partial charge in [-0.1, -0.05) is 49.7 Å². The molecule has 0 spiro atoms. The van der Waals surface area contributed by atoms with Crippen LogP contribution in [0, 0.1) is 5.92 Å². The monoisotopic (exact) mass is 492 g/mol. The van der Waals surface area contributed by atoms with Crippen LogP contribution in [-0.2, 0) is 13.0 Å². The highest BCUT2D eigenvalue weighted by molar-refractivity contribution is 7.17. The van der Waals surface area contributed by atoms with Crippen molar-refractivity contribution in [3.05, 3.63) is 57.4 Å². The van der Waals surface area contributed by atoms with Gasteiger partial charge in [0.25, 0.3) is 5.91 Å². The Labute approximate surface area is 202 Å². The van der Waals surface area contributed by atoms with Gasteiger partial charge in [-0.15, -0.1) is 23.7 Å². The normalized spacial score (nSPS) is 13.5. The van der Waals surface area contributed by atoms with E-state index in [4.69, 9.17) is 17.3 Å². The van der Waals surface area contributed by atoms with Gasteiger partial charge < -0.3 is 11.1 Å². The van der Waals surface area contributed by atoms with Crippen molar-refractivity contribution in [2.24, 2.45) is 11.7 Å². The summed E-state index contributed by atoms with van der Waals surface area (Å²) in [6.45, 7) is 7.03. The fourth-order valence-electron chi connectivity index (χ4n) is 4.11. The third-order valence-electron chi connectivity index (χ3n) is 5.35.